The molecule has 7 heteroatoms. The number of hydrogen-bond acceptors (Lipinski definition) is 3. The van der Waals surface area contributed by atoms with Gasteiger partial charge < -0.3 is 4.90 Å². The van der Waals surface area contributed by atoms with Crippen LogP contribution in [0.3, 0.4) is 0 Å². The maximum absolute atomic E-state index is 13.5. The van der Waals surface area contributed by atoms with Crippen molar-refractivity contribution in [1.82, 2.24) is 4.90 Å². The number of carbonyl (C=O) groups is 1. The zero-order valence-electron chi connectivity index (χ0n) is 11.6. The molecule has 0 bridgehead atoms. The Morgan fingerprint density at radius 3 is 2.40 bits per heavy atom. The van der Waals surface area contributed by atoms with E-state index in [1.165, 1.54) is 0 Å². The van der Waals surface area contributed by atoms with Crippen molar-refractivity contribution in [1.29, 1.82) is 0 Å². The summed E-state index contributed by atoms with van der Waals surface area (Å²) in [7, 11) is 1.11. The highest BCUT2D eigenvalue weighted by atomic mass is 35.7. The Hall–Kier alpha value is -1.14. The van der Waals surface area contributed by atoms with Crippen LogP contribution in [0.5, 0.6) is 0 Å². The molecule has 4 nitrogen and oxygen atoms in total. The first-order chi connectivity index (χ1) is 9.16. The molecule has 1 aromatic rings. The van der Waals surface area contributed by atoms with Crippen molar-refractivity contribution >= 4 is 25.6 Å². The van der Waals surface area contributed by atoms with Gasteiger partial charge in [0.2, 0.25) is 0 Å². The first-order valence-electron chi connectivity index (χ1n) is 6.23. The highest BCUT2D eigenvalue weighted by molar-refractivity contribution is 8.13. The SMILES string of the molecule is CCCN(C(=O)c1cc(F)cc(S(=O)(=O)Cl)c1)C(C)C. The molecular formula is C13H17ClFNO3S. The fraction of sp³-hybridized carbons (Fsp3) is 0.462. The molecule has 0 saturated heterocycles. The van der Waals surface area contributed by atoms with Gasteiger partial charge >= 0.3 is 0 Å². The predicted octanol–water partition coefficient (Wildman–Crippen LogP) is 3.01. The van der Waals surface area contributed by atoms with Crippen LogP contribution < -0.4 is 0 Å². The van der Waals surface area contributed by atoms with Gasteiger partial charge in [-0.1, -0.05) is 6.92 Å². The van der Waals surface area contributed by atoms with Crippen molar-refractivity contribution in [2.24, 2.45) is 0 Å². The zero-order chi connectivity index (χ0) is 15.5. The Morgan fingerprint density at radius 2 is 1.95 bits per heavy atom. The lowest BCUT2D eigenvalue weighted by atomic mass is 10.1. The van der Waals surface area contributed by atoms with E-state index >= 15 is 0 Å². The average molecular weight is 322 g/mol. The summed E-state index contributed by atoms with van der Waals surface area (Å²) in [6.45, 7) is 6.11. The topological polar surface area (TPSA) is 54.5 Å². The highest BCUT2D eigenvalue weighted by Crippen LogP contribution is 2.20. The number of amides is 1. The molecule has 0 spiro atoms. The normalized spacial score (nSPS) is 11.7. The van der Waals surface area contributed by atoms with Crippen LogP contribution in [-0.2, 0) is 9.05 Å². The molecule has 112 valence electrons. The summed E-state index contributed by atoms with van der Waals surface area (Å²) in [4.78, 5) is 13.5. The first kappa shape index (κ1) is 16.9. The van der Waals surface area contributed by atoms with Crippen LogP contribution in [0.1, 0.15) is 37.6 Å². The average Bonchev–Trinajstić information content (AvgIpc) is 2.33. The summed E-state index contributed by atoms with van der Waals surface area (Å²) in [5.41, 5.74) is -0.0219. The Labute approximate surface area is 123 Å². The molecule has 0 aliphatic rings. The molecule has 20 heavy (non-hydrogen) atoms. The van der Waals surface area contributed by atoms with Crippen molar-refractivity contribution < 1.29 is 17.6 Å². The van der Waals surface area contributed by atoms with E-state index in [1.807, 2.05) is 20.8 Å². The highest BCUT2D eigenvalue weighted by Gasteiger charge is 2.21. The van der Waals surface area contributed by atoms with Gasteiger partial charge in [-0.15, -0.1) is 0 Å². The van der Waals surface area contributed by atoms with Gasteiger partial charge in [0.05, 0.1) is 4.90 Å². The van der Waals surface area contributed by atoms with Gasteiger partial charge in [0.1, 0.15) is 5.82 Å². The van der Waals surface area contributed by atoms with E-state index in [-0.39, 0.29) is 11.6 Å². The summed E-state index contributed by atoms with van der Waals surface area (Å²) in [6.07, 6.45) is 0.750. The molecular weight excluding hydrogens is 305 g/mol. The van der Waals surface area contributed by atoms with Crippen molar-refractivity contribution in [2.75, 3.05) is 6.54 Å². The molecule has 1 amide bonds. The molecule has 1 aromatic carbocycles. The fourth-order valence-electron chi connectivity index (χ4n) is 1.83. The van der Waals surface area contributed by atoms with Crippen molar-refractivity contribution in [3.63, 3.8) is 0 Å². The quantitative estimate of drug-likeness (QED) is 0.783. The molecule has 0 aliphatic heterocycles. The molecule has 0 heterocycles. The third-order valence-corrected chi connectivity index (χ3v) is 4.08. The standard InChI is InChI=1S/C13H17ClFNO3S/c1-4-5-16(9(2)3)13(17)10-6-11(15)8-12(7-10)20(14,18)19/h6-9H,4-5H2,1-3H3. The number of hydrogen-bond donors (Lipinski definition) is 0. The van der Waals surface area contributed by atoms with Gasteiger partial charge in [0.25, 0.3) is 15.0 Å². The van der Waals surface area contributed by atoms with Gasteiger partial charge in [-0.25, -0.2) is 12.8 Å². The molecule has 0 aliphatic carbocycles. The molecule has 0 fully saturated rings. The molecule has 0 unspecified atom stereocenters. The van der Waals surface area contributed by atoms with Gasteiger partial charge in [-0.05, 0) is 38.5 Å². The fourth-order valence-corrected chi connectivity index (χ4v) is 2.62. The monoisotopic (exact) mass is 321 g/mol. The predicted molar refractivity (Wildman–Crippen MR) is 75.9 cm³/mol. The molecule has 1 rings (SSSR count). The lowest BCUT2D eigenvalue weighted by Crippen LogP contribution is -2.37. The van der Waals surface area contributed by atoms with Crippen molar-refractivity contribution in [3.8, 4) is 0 Å². The smallest absolute Gasteiger partial charge is 0.261 e. The van der Waals surface area contributed by atoms with Gasteiger partial charge in [0, 0.05) is 28.8 Å². The molecule has 0 atom stereocenters. The Balaban J connectivity index is 3.25. The maximum atomic E-state index is 13.5. The van der Waals surface area contributed by atoms with Crippen LogP contribution in [0.15, 0.2) is 23.1 Å². The summed E-state index contributed by atoms with van der Waals surface area (Å²) >= 11 is 0. The third-order valence-electron chi connectivity index (χ3n) is 2.75. The molecule has 0 N–H and O–H groups in total. The number of halogens is 2. The van der Waals surface area contributed by atoms with Gasteiger partial charge in [0.15, 0.2) is 0 Å². The van der Waals surface area contributed by atoms with Gasteiger partial charge in [-0.2, -0.15) is 0 Å². The van der Waals surface area contributed by atoms with E-state index in [1.54, 1.807) is 4.90 Å². The van der Waals surface area contributed by atoms with Crippen LogP contribution in [0.25, 0.3) is 0 Å². The summed E-state index contributed by atoms with van der Waals surface area (Å²) in [5.74, 6) is -1.22. The second-order valence-corrected chi connectivity index (χ2v) is 7.27. The third kappa shape index (κ3) is 4.18. The van der Waals surface area contributed by atoms with Crippen molar-refractivity contribution in [3.05, 3.63) is 29.6 Å². The van der Waals surface area contributed by atoms with Crippen LogP contribution in [-0.4, -0.2) is 31.8 Å². The van der Waals surface area contributed by atoms with Crippen LogP contribution >= 0.6 is 10.7 Å². The zero-order valence-corrected chi connectivity index (χ0v) is 13.1. The van der Waals surface area contributed by atoms with Crippen LogP contribution in [0, 0.1) is 5.82 Å². The minimum atomic E-state index is -4.08. The van der Waals surface area contributed by atoms with E-state index in [0.717, 1.165) is 24.6 Å². The molecule has 0 aromatic heterocycles. The summed E-state index contributed by atoms with van der Waals surface area (Å²) < 4.78 is 36.0. The number of nitrogens with zero attached hydrogens (tertiary/aromatic N) is 1. The number of benzene rings is 1. The second kappa shape index (κ2) is 6.54. The molecule has 0 saturated carbocycles. The minimum absolute atomic E-state index is 0.0219. The lowest BCUT2D eigenvalue weighted by molar-refractivity contribution is 0.0705. The number of carbonyl (C=O) groups excluding carboxylic acids is 1. The summed E-state index contributed by atoms with van der Waals surface area (Å²) in [5, 5.41) is 0. The van der Waals surface area contributed by atoms with Crippen LogP contribution in [0.4, 0.5) is 4.39 Å². The lowest BCUT2D eigenvalue weighted by Gasteiger charge is -2.26. The van der Waals surface area contributed by atoms with Gasteiger partial charge in [-0.3, -0.25) is 4.79 Å². The Kier molecular flexibility index (Phi) is 5.53. The second-order valence-electron chi connectivity index (χ2n) is 4.71. The van der Waals surface area contributed by atoms with E-state index in [4.69, 9.17) is 10.7 Å². The summed E-state index contributed by atoms with van der Waals surface area (Å²) in [6, 6.07) is 2.83. The van der Waals surface area contributed by atoms with Crippen LogP contribution in [0.2, 0.25) is 0 Å². The van der Waals surface area contributed by atoms with E-state index < -0.39 is 25.7 Å². The largest absolute Gasteiger partial charge is 0.336 e. The van der Waals surface area contributed by atoms with Crippen molar-refractivity contribution in [2.45, 2.75) is 38.1 Å². The first-order valence-corrected chi connectivity index (χ1v) is 8.54. The van der Waals surface area contributed by atoms with E-state index in [2.05, 4.69) is 0 Å². The Morgan fingerprint density at radius 1 is 1.35 bits per heavy atom. The Bertz CT molecular complexity index is 602. The minimum Gasteiger partial charge on any atom is -0.336 e. The number of rotatable bonds is 5. The maximum Gasteiger partial charge on any atom is 0.261 e. The molecule has 0 radical (unpaired) electrons. The van der Waals surface area contributed by atoms with E-state index in [0.29, 0.717) is 6.54 Å². The van der Waals surface area contributed by atoms with E-state index in [9.17, 15) is 17.6 Å².